The summed E-state index contributed by atoms with van der Waals surface area (Å²) in [5, 5.41) is 5.53. The van der Waals surface area contributed by atoms with Crippen molar-refractivity contribution >= 4 is 57.4 Å². The van der Waals surface area contributed by atoms with Gasteiger partial charge in [0.25, 0.3) is 5.91 Å². The molecule has 0 spiro atoms. The first-order valence-electron chi connectivity index (χ1n) is 12.1. The number of rotatable bonds is 9. The van der Waals surface area contributed by atoms with Crippen molar-refractivity contribution < 1.29 is 14.4 Å². The van der Waals surface area contributed by atoms with Crippen molar-refractivity contribution in [3.63, 3.8) is 0 Å². The van der Waals surface area contributed by atoms with Crippen LogP contribution in [0.3, 0.4) is 0 Å². The summed E-state index contributed by atoms with van der Waals surface area (Å²) in [4.78, 5) is 43.3. The second-order valence-electron chi connectivity index (χ2n) is 9.36. The SMILES string of the molecule is CC[C@@H](C(=O)NCC(C)C)N(Cc1c(Cl)cccc1Cl)C(=O)CN1C(=O)c2cccc3cccc1c23. The summed E-state index contributed by atoms with van der Waals surface area (Å²) < 4.78 is 0. The third-order valence-corrected chi connectivity index (χ3v) is 7.11. The first kappa shape index (κ1) is 26.0. The minimum atomic E-state index is -0.750. The number of halogens is 2. The van der Waals surface area contributed by atoms with Crippen LogP contribution in [0.4, 0.5) is 5.69 Å². The van der Waals surface area contributed by atoms with Gasteiger partial charge in [-0.25, -0.2) is 0 Å². The Kier molecular flexibility index (Phi) is 7.86. The molecule has 3 aromatic carbocycles. The summed E-state index contributed by atoms with van der Waals surface area (Å²) in [6.07, 6.45) is 0.390. The van der Waals surface area contributed by atoms with E-state index in [1.807, 2.05) is 51.1 Å². The van der Waals surface area contributed by atoms with E-state index in [2.05, 4.69) is 5.32 Å². The van der Waals surface area contributed by atoms with Crippen LogP contribution in [0.15, 0.2) is 54.6 Å². The summed E-state index contributed by atoms with van der Waals surface area (Å²) in [5.74, 6) is -0.588. The molecule has 0 saturated heterocycles. The topological polar surface area (TPSA) is 69.7 Å². The predicted molar refractivity (Wildman–Crippen MR) is 145 cm³/mol. The van der Waals surface area contributed by atoms with Gasteiger partial charge in [-0.1, -0.05) is 74.3 Å². The average molecular weight is 526 g/mol. The molecule has 0 fully saturated rings. The molecule has 0 bridgehead atoms. The van der Waals surface area contributed by atoms with E-state index in [9.17, 15) is 14.4 Å². The van der Waals surface area contributed by atoms with Crippen LogP contribution in [0.25, 0.3) is 10.8 Å². The fourth-order valence-corrected chi connectivity index (χ4v) is 5.07. The number of hydrogen-bond donors (Lipinski definition) is 1. The molecule has 0 saturated carbocycles. The lowest BCUT2D eigenvalue weighted by atomic mass is 10.1. The zero-order chi connectivity index (χ0) is 26.0. The highest BCUT2D eigenvalue weighted by Gasteiger charge is 2.35. The molecule has 3 amide bonds. The van der Waals surface area contributed by atoms with Gasteiger partial charge in [-0.05, 0) is 42.0 Å². The first-order chi connectivity index (χ1) is 17.2. The van der Waals surface area contributed by atoms with Crippen molar-refractivity contribution in [2.24, 2.45) is 5.92 Å². The van der Waals surface area contributed by atoms with Crippen LogP contribution in [0, 0.1) is 5.92 Å². The molecule has 8 heteroatoms. The lowest BCUT2D eigenvalue weighted by Gasteiger charge is -2.32. The number of anilines is 1. The van der Waals surface area contributed by atoms with Crippen molar-refractivity contribution in [1.29, 1.82) is 0 Å². The van der Waals surface area contributed by atoms with E-state index in [1.165, 1.54) is 9.80 Å². The standard InChI is InChI=1S/C28H29Cl2N3O3/c1-4-23(27(35)31-14-17(2)3)32(15-20-21(29)11-7-12-22(20)30)25(34)16-33-24-13-6-9-18-8-5-10-19(26(18)24)28(33)36/h5-13,17,23H,4,14-16H2,1-3H3,(H,31,35)/t23-/m0/s1. The molecule has 3 aromatic rings. The van der Waals surface area contributed by atoms with Crippen LogP contribution in [-0.4, -0.2) is 41.8 Å². The van der Waals surface area contributed by atoms with Crippen LogP contribution in [-0.2, 0) is 16.1 Å². The molecule has 0 aliphatic carbocycles. The zero-order valence-corrected chi connectivity index (χ0v) is 22.1. The Labute approximate surface area is 221 Å². The van der Waals surface area contributed by atoms with Gasteiger partial charge < -0.3 is 10.2 Å². The van der Waals surface area contributed by atoms with Crippen LogP contribution < -0.4 is 10.2 Å². The molecule has 0 radical (unpaired) electrons. The van der Waals surface area contributed by atoms with Crippen molar-refractivity contribution in [1.82, 2.24) is 10.2 Å². The molecular weight excluding hydrogens is 497 g/mol. The number of carbonyl (C=O) groups is 3. The molecular formula is C28H29Cl2N3O3. The Morgan fingerprint density at radius 2 is 1.64 bits per heavy atom. The Morgan fingerprint density at radius 1 is 1.00 bits per heavy atom. The van der Waals surface area contributed by atoms with E-state index in [0.717, 1.165) is 10.8 Å². The molecule has 4 rings (SSSR count). The van der Waals surface area contributed by atoms with Gasteiger partial charge >= 0.3 is 0 Å². The molecule has 1 N–H and O–H groups in total. The molecule has 0 unspecified atom stereocenters. The van der Waals surface area contributed by atoms with Gasteiger partial charge in [-0.15, -0.1) is 0 Å². The normalized spacial score (nSPS) is 13.4. The van der Waals surface area contributed by atoms with Gasteiger partial charge in [-0.2, -0.15) is 0 Å². The molecule has 0 aromatic heterocycles. The van der Waals surface area contributed by atoms with E-state index in [1.54, 1.807) is 24.3 Å². The van der Waals surface area contributed by atoms with E-state index in [0.29, 0.717) is 39.8 Å². The van der Waals surface area contributed by atoms with Gasteiger partial charge in [0.15, 0.2) is 0 Å². The third-order valence-electron chi connectivity index (χ3n) is 6.40. The largest absolute Gasteiger partial charge is 0.354 e. The maximum absolute atomic E-state index is 13.9. The number of nitrogens with one attached hydrogen (secondary N) is 1. The van der Waals surface area contributed by atoms with E-state index >= 15 is 0 Å². The highest BCUT2D eigenvalue weighted by molar-refractivity contribution is 6.36. The predicted octanol–water partition coefficient (Wildman–Crippen LogP) is 5.69. The van der Waals surface area contributed by atoms with Crippen molar-refractivity contribution in [3.05, 3.63) is 75.8 Å². The summed E-state index contributed by atoms with van der Waals surface area (Å²) >= 11 is 12.9. The lowest BCUT2D eigenvalue weighted by Crippen LogP contribution is -2.52. The summed E-state index contributed by atoms with van der Waals surface area (Å²) in [6, 6.07) is 15.6. The van der Waals surface area contributed by atoms with Crippen LogP contribution >= 0.6 is 23.2 Å². The maximum atomic E-state index is 13.9. The van der Waals surface area contributed by atoms with E-state index in [-0.39, 0.29) is 36.7 Å². The average Bonchev–Trinajstić information content (AvgIpc) is 3.12. The van der Waals surface area contributed by atoms with Crippen LogP contribution in [0.1, 0.15) is 43.1 Å². The fourth-order valence-electron chi connectivity index (χ4n) is 4.56. The Balaban J connectivity index is 1.67. The van der Waals surface area contributed by atoms with Crippen molar-refractivity contribution in [2.75, 3.05) is 18.0 Å². The monoisotopic (exact) mass is 525 g/mol. The van der Waals surface area contributed by atoms with Gasteiger partial charge in [-0.3, -0.25) is 19.3 Å². The fraction of sp³-hybridized carbons (Fsp3) is 0.321. The molecule has 1 aliphatic rings. The smallest absolute Gasteiger partial charge is 0.259 e. The summed E-state index contributed by atoms with van der Waals surface area (Å²) in [7, 11) is 0. The van der Waals surface area contributed by atoms with E-state index in [4.69, 9.17) is 23.2 Å². The van der Waals surface area contributed by atoms with Gasteiger partial charge in [0.1, 0.15) is 12.6 Å². The molecule has 36 heavy (non-hydrogen) atoms. The number of hydrogen-bond acceptors (Lipinski definition) is 3. The van der Waals surface area contributed by atoms with Gasteiger partial charge in [0, 0.05) is 39.6 Å². The van der Waals surface area contributed by atoms with Crippen LogP contribution in [0.2, 0.25) is 10.0 Å². The van der Waals surface area contributed by atoms with E-state index < -0.39 is 6.04 Å². The van der Waals surface area contributed by atoms with Gasteiger partial charge in [0.05, 0.1) is 5.69 Å². The van der Waals surface area contributed by atoms with Gasteiger partial charge in [0.2, 0.25) is 11.8 Å². The van der Waals surface area contributed by atoms with Crippen molar-refractivity contribution in [2.45, 2.75) is 39.8 Å². The number of benzene rings is 3. The Bertz CT molecular complexity index is 1300. The summed E-state index contributed by atoms with van der Waals surface area (Å²) in [6.45, 7) is 6.19. The number of carbonyl (C=O) groups excluding carboxylic acids is 3. The molecule has 6 nitrogen and oxygen atoms in total. The number of nitrogens with zero attached hydrogens (tertiary/aromatic N) is 2. The lowest BCUT2D eigenvalue weighted by molar-refractivity contribution is -0.140. The minimum Gasteiger partial charge on any atom is -0.354 e. The Morgan fingerprint density at radius 3 is 2.28 bits per heavy atom. The molecule has 1 aliphatic heterocycles. The molecule has 1 atom stereocenters. The minimum absolute atomic E-state index is 0.0458. The second-order valence-corrected chi connectivity index (χ2v) is 10.2. The number of amides is 3. The summed E-state index contributed by atoms with van der Waals surface area (Å²) in [5.41, 5.74) is 1.82. The maximum Gasteiger partial charge on any atom is 0.259 e. The highest BCUT2D eigenvalue weighted by atomic mass is 35.5. The van der Waals surface area contributed by atoms with Crippen LogP contribution in [0.5, 0.6) is 0 Å². The zero-order valence-electron chi connectivity index (χ0n) is 20.6. The van der Waals surface area contributed by atoms with Crippen molar-refractivity contribution in [3.8, 4) is 0 Å². The second kappa shape index (κ2) is 10.9. The Hall–Kier alpha value is -3.09. The quantitative estimate of drug-likeness (QED) is 0.390. The molecule has 1 heterocycles. The molecule has 188 valence electrons. The first-order valence-corrected chi connectivity index (χ1v) is 12.8. The highest BCUT2D eigenvalue weighted by Crippen LogP contribution is 2.37. The third kappa shape index (κ3) is 5.06.